The van der Waals surface area contributed by atoms with E-state index in [0.717, 1.165) is 5.75 Å². The van der Waals surface area contributed by atoms with Crippen molar-refractivity contribution >= 4 is 23.7 Å². The van der Waals surface area contributed by atoms with Crippen LogP contribution in [0, 0.1) is 0 Å². The molecule has 0 spiro atoms. The van der Waals surface area contributed by atoms with E-state index in [-0.39, 0.29) is 0 Å². The molecule has 0 aliphatic heterocycles. The summed E-state index contributed by atoms with van der Waals surface area (Å²) in [6.07, 6.45) is 1.50. The summed E-state index contributed by atoms with van der Waals surface area (Å²) in [7, 11) is 0. The van der Waals surface area contributed by atoms with Gasteiger partial charge in [0, 0.05) is 0 Å². The Morgan fingerprint density at radius 2 is 1.71 bits per heavy atom. The highest BCUT2D eigenvalue weighted by atomic mass is 32.2. The summed E-state index contributed by atoms with van der Waals surface area (Å²) < 4.78 is 0. The third-order valence-electron chi connectivity index (χ3n) is 1.76. The van der Waals surface area contributed by atoms with E-state index in [1.54, 1.807) is 11.8 Å². The SMILES string of the molecule is CSCC[C@H](N)C(=O)O.C[C@@H](O)[C@H](N)C(=O)O. The number of carboxylic acids is 2. The first-order valence-electron chi connectivity index (χ1n) is 4.87. The summed E-state index contributed by atoms with van der Waals surface area (Å²) in [5, 5.41) is 24.8. The largest absolute Gasteiger partial charge is 0.480 e. The molecule has 0 heterocycles. The zero-order chi connectivity index (χ0) is 14.0. The topological polar surface area (TPSA) is 147 Å². The van der Waals surface area contributed by atoms with Gasteiger partial charge in [-0.15, -0.1) is 0 Å². The molecule has 7 nitrogen and oxygen atoms in total. The lowest BCUT2D eigenvalue weighted by atomic mass is 10.2. The first-order valence-corrected chi connectivity index (χ1v) is 6.27. The molecule has 0 unspecified atom stereocenters. The molecule has 0 aromatic rings. The molecule has 0 radical (unpaired) electrons. The molecular formula is C9H20N2O5S. The molecule has 0 fully saturated rings. The minimum Gasteiger partial charge on any atom is -0.480 e. The van der Waals surface area contributed by atoms with E-state index >= 15 is 0 Å². The monoisotopic (exact) mass is 268 g/mol. The first-order chi connectivity index (χ1) is 7.73. The molecule has 0 bridgehead atoms. The maximum absolute atomic E-state index is 10.1. The molecule has 102 valence electrons. The molecular weight excluding hydrogens is 248 g/mol. The first kappa shape index (κ1) is 18.5. The van der Waals surface area contributed by atoms with E-state index < -0.39 is 30.1 Å². The molecule has 7 N–H and O–H groups in total. The number of carbonyl (C=O) groups is 2. The zero-order valence-electron chi connectivity index (χ0n) is 9.87. The quantitative estimate of drug-likeness (QED) is 0.409. The standard InChI is InChI=1S/C5H11NO2S.C4H9NO3/c1-9-3-2-4(6)5(7)8;1-2(6)3(5)4(7)8/h4H,2-3,6H2,1H3,(H,7,8);2-3,6H,5H2,1H3,(H,7,8)/t4-;2-,3+/m01/s1. The van der Waals surface area contributed by atoms with Crippen molar-refractivity contribution < 1.29 is 24.9 Å². The van der Waals surface area contributed by atoms with Crippen molar-refractivity contribution in [2.75, 3.05) is 12.0 Å². The minimum atomic E-state index is -1.18. The highest BCUT2D eigenvalue weighted by Crippen LogP contribution is 1.97. The van der Waals surface area contributed by atoms with Crippen LogP contribution in [0.2, 0.25) is 0 Å². The van der Waals surface area contributed by atoms with Gasteiger partial charge in [-0.2, -0.15) is 11.8 Å². The lowest BCUT2D eigenvalue weighted by molar-refractivity contribution is -0.141. The highest BCUT2D eigenvalue weighted by molar-refractivity contribution is 7.98. The van der Waals surface area contributed by atoms with E-state index in [9.17, 15) is 9.59 Å². The van der Waals surface area contributed by atoms with Crippen molar-refractivity contribution in [3.8, 4) is 0 Å². The molecule has 8 heteroatoms. The van der Waals surface area contributed by atoms with Gasteiger partial charge in [0.1, 0.15) is 12.1 Å². The van der Waals surface area contributed by atoms with Gasteiger partial charge in [-0.3, -0.25) is 9.59 Å². The molecule has 0 rings (SSSR count). The molecule has 17 heavy (non-hydrogen) atoms. The lowest BCUT2D eigenvalue weighted by Crippen LogP contribution is -2.39. The van der Waals surface area contributed by atoms with Gasteiger partial charge in [-0.25, -0.2) is 0 Å². The average molecular weight is 268 g/mol. The van der Waals surface area contributed by atoms with Gasteiger partial charge in [0.2, 0.25) is 0 Å². The summed E-state index contributed by atoms with van der Waals surface area (Å²) >= 11 is 1.60. The third-order valence-corrected chi connectivity index (χ3v) is 2.40. The summed E-state index contributed by atoms with van der Waals surface area (Å²) in [5.41, 5.74) is 10.1. The summed E-state index contributed by atoms with van der Waals surface area (Å²) in [6.45, 7) is 1.33. The summed E-state index contributed by atoms with van der Waals surface area (Å²) in [5.74, 6) is -1.28. The third kappa shape index (κ3) is 11.4. The Labute approximate surface area is 104 Å². The molecule has 0 aliphatic carbocycles. The maximum atomic E-state index is 10.1. The number of aliphatic carboxylic acids is 2. The Hall–Kier alpha value is -0.830. The van der Waals surface area contributed by atoms with Crippen molar-refractivity contribution in [3.63, 3.8) is 0 Å². The number of hydrogen-bond acceptors (Lipinski definition) is 6. The predicted molar refractivity (Wildman–Crippen MR) is 65.9 cm³/mol. The maximum Gasteiger partial charge on any atom is 0.323 e. The van der Waals surface area contributed by atoms with Crippen molar-refractivity contribution in [1.82, 2.24) is 0 Å². The average Bonchev–Trinajstić information content (AvgIpc) is 2.25. The van der Waals surface area contributed by atoms with Gasteiger partial charge in [-0.05, 0) is 25.4 Å². The Bertz CT molecular complexity index is 237. The Balaban J connectivity index is 0. The minimum absolute atomic E-state index is 0.552. The van der Waals surface area contributed by atoms with Crippen LogP contribution in [0.25, 0.3) is 0 Å². The number of aliphatic hydroxyl groups is 1. The second-order valence-electron chi connectivity index (χ2n) is 3.33. The Morgan fingerprint density at radius 1 is 1.24 bits per heavy atom. The van der Waals surface area contributed by atoms with Crippen LogP contribution < -0.4 is 11.5 Å². The van der Waals surface area contributed by atoms with Crippen LogP contribution in [0.15, 0.2) is 0 Å². The molecule has 0 aliphatic rings. The van der Waals surface area contributed by atoms with Crippen LogP contribution in [0.4, 0.5) is 0 Å². The number of carboxylic acid groups (broad SMARTS) is 2. The predicted octanol–water partition coefficient (Wildman–Crippen LogP) is -1.07. The van der Waals surface area contributed by atoms with Gasteiger partial charge in [0.25, 0.3) is 0 Å². The van der Waals surface area contributed by atoms with Gasteiger partial charge < -0.3 is 26.8 Å². The molecule has 3 atom stereocenters. The van der Waals surface area contributed by atoms with Crippen LogP contribution in [-0.2, 0) is 9.59 Å². The Kier molecular flexibility index (Phi) is 11.3. The number of rotatable bonds is 6. The van der Waals surface area contributed by atoms with Crippen LogP contribution >= 0.6 is 11.8 Å². The number of nitrogens with two attached hydrogens (primary N) is 2. The van der Waals surface area contributed by atoms with Crippen molar-refractivity contribution in [1.29, 1.82) is 0 Å². The van der Waals surface area contributed by atoms with E-state index in [2.05, 4.69) is 0 Å². The van der Waals surface area contributed by atoms with Crippen LogP contribution in [0.5, 0.6) is 0 Å². The van der Waals surface area contributed by atoms with Crippen molar-refractivity contribution in [2.24, 2.45) is 11.5 Å². The van der Waals surface area contributed by atoms with Crippen molar-refractivity contribution in [3.05, 3.63) is 0 Å². The number of aliphatic hydroxyl groups excluding tert-OH is 1. The molecule has 0 saturated carbocycles. The zero-order valence-corrected chi connectivity index (χ0v) is 10.7. The van der Waals surface area contributed by atoms with E-state index in [1.807, 2.05) is 6.26 Å². The van der Waals surface area contributed by atoms with E-state index in [1.165, 1.54) is 6.92 Å². The summed E-state index contributed by atoms with van der Waals surface area (Å²) in [4.78, 5) is 19.9. The van der Waals surface area contributed by atoms with Crippen LogP contribution in [0.1, 0.15) is 13.3 Å². The van der Waals surface area contributed by atoms with Crippen LogP contribution in [-0.4, -0.2) is 57.5 Å². The number of hydrogen-bond donors (Lipinski definition) is 5. The molecule has 0 aromatic heterocycles. The fourth-order valence-electron chi connectivity index (χ4n) is 0.575. The molecule has 0 aromatic carbocycles. The normalized spacial score (nSPS) is 15.1. The van der Waals surface area contributed by atoms with Gasteiger partial charge in [-0.1, -0.05) is 0 Å². The van der Waals surface area contributed by atoms with Gasteiger partial charge in [0.15, 0.2) is 0 Å². The summed E-state index contributed by atoms with van der Waals surface area (Å²) in [6, 6.07) is -1.84. The highest BCUT2D eigenvalue weighted by Gasteiger charge is 2.16. The lowest BCUT2D eigenvalue weighted by Gasteiger charge is -2.06. The molecule has 0 saturated heterocycles. The van der Waals surface area contributed by atoms with Crippen molar-refractivity contribution in [2.45, 2.75) is 31.5 Å². The number of thioether (sulfide) groups is 1. The molecule has 0 amide bonds. The Morgan fingerprint density at radius 3 is 1.88 bits per heavy atom. The second-order valence-corrected chi connectivity index (χ2v) is 4.32. The van der Waals surface area contributed by atoms with Gasteiger partial charge in [0.05, 0.1) is 6.10 Å². The van der Waals surface area contributed by atoms with Crippen LogP contribution in [0.3, 0.4) is 0 Å². The fraction of sp³-hybridized carbons (Fsp3) is 0.778. The van der Waals surface area contributed by atoms with E-state index in [4.69, 9.17) is 26.8 Å². The van der Waals surface area contributed by atoms with Gasteiger partial charge >= 0.3 is 11.9 Å². The van der Waals surface area contributed by atoms with E-state index in [0.29, 0.717) is 6.42 Å². The second kappa shape index (κ2) is 10.3. The fourth-order valence-corrected chi connectivity index (χ4v) is 1.06. The smallest absolute Gasteiger partial charge is 0.323 e.